The van der Waals surface area contributed by atoms with Gasteiger partial charge in [-0.25, -0.2) is 5.01 Å². The average Bonchev–Trinajstić information content (AvgIpc) is 3.07. The van der Waals surface area contributed by atoms with Crippen molar-refractivity contribution in [1.82, 2.24) is 10.3 Å². The van der Waals surface area contributed by atoms with Crippen LogP contribution >= 0.6 is 12.2 Å². The van der Waals surface area contributed by atoms with Gasteiger partial charge in [0.05, 0.1) is 18.9 Å². The molecule has 5 heteroatoms. The van der Waals surface area contributed by atoms with Gasteiger partial charge in [-0.1, -0.05) is 36.4 Å². The Balaban J connectivity index is 1.77. The molecule has 1 heterocycles. The van der Waals surface area contributed by atoms with Crippen molar-refractivity contribution in [3.05, 3.63) is 65.2 Å². The largest absolute Gasteiger partial charge is 0.497 e. The third-order valence-corrected chi connectivity index (χ3v) is 5.50. The van der Waals surface area contributed by atoms with E-state index in [-0.39, 0.29) is 6.04 Å². The summed E-state index contributed by atoms with van der Waals surface area (Å²) in [5.41, 5.74) is 5.00. The molecule has 1 aliphatic carbocycles. The third kappa shape index (κ3) is 2.68. The molecule has 0 saturated heterocycles. The smallest absolute Gasteiger partial charge is 0.189 e. The second-order valence-electron chi connectivity index (χ2n) is 6.41. The van der Waals surface area contributed by atoms with Crippen LogP contribution in [-0.4, -0.2) is 30.0 Å². The lowest BCUT2D eigenvalue weighted by Crippen LogP contribution is -2.37. The zero-order valence-electron chi connectivity index (χ0n) is 14.4. The van der Waals surface area contributed by atoms with Crippen molar-refractivity contribution in [2.75, 3.05) is 14.2 Å². The van der Waals surface area contributed by atoms with Gasteiger partial charge in [0.2, 0.25) is 0 Å². The molecule has 2 aliphatic rings. The number of nitrogens with one attached hydrogen (secondary N) is 1. The number of hydrogen-bond donors (Lipinski definition) is 1. The predicted molar refractivity (Wildman–Crippen MR) is 104 cm³/mol. The van der Waals surface area contributed by atoms with Crippen molar-refractivity contribution in [3.8, 4) is 5.75 Å². The molecular weight excluding hydrogens is 330 g/mol. The molecule has 0 spiro atoms. The molecule has 2 aromatic carbocycles. The fourth-order valence-corrected chi connectivity index (χ4v) is 4.04. The van der Waals surface area contributed by atoms with Crippen LogP contribution in [0.5, 0.6) is 5.75 Å². The molecule has 2 aromatic rings. The van der Waals surface area contributed by atoms with Crippen LogP contribution < -0.4 is 10.1 Å². The Hall–Kier alpha value is -2.40. The van der Waals surface area contributed by atoms with Crippen LogP contribution in [0, 0.1) is 5.92 Å². The molecular formula is C20H21N3OS. The van der Waals surface area contributed by atoms with Gasteiger partial charge < -0.3 is 10.1 Å². The normalized spacial score (nSPS) is 21.2. The van der Waals surface area contributed by atoms with Gasteiger partial charge in [0.25, 0.3) is 0 Å². The molecule has 1 N–H and O–H groups in total. The summed E-state index contributed by atoms with van der Waals surface area (Å²) in [5.74, 6) is 1.20. The van der Waals surface area contributed by atoms with Gasteiger partial charge in [0.15, 0.2) is 5.11 Å². The molecule has 1 aliphatic heterocycles. The van der Waals surface area contributed by atoms with Crippen molar-refractivity contribution in [1.29, 1.82) is 0 Å². The number of ether oxygens (including phenoxy) is 1. The number of rotatable bonds is 2. The van der Waals surface area contributed by atoms with E-state index in [4.69, 9.17) is 22.1 Å². The van der Waals surface area contributed by atoms with Gasteiger partial charge in [-0.05, 0) is 48.3 Å². The molecule has 0 aromatic heterocycles. The molecule has 25 heavy (non-hydrogen) atoms. The SMILES string of the molecule is CNC(=S)N1N=C2c3ccccc3CC[C@H]2[C@H]1c1ccc(OC)cc1. The van der Waals surface area contributed by atoms with Crippen molar-refractivity contribution in [2.24, 2.45) is 11.0 Å². The number of thiocarbonyl (C=S) groups is 1. The second kappa shape index (κ2) is 6.48. The molecule has 0 bridgehead atoms. The molecule has 0 amide bonds. The van der Waals surface area contributed by atoms with E-state index in [2.05, 4.69) is 41.7 Å². The number of hydrazone groups is 1. The first-order chi connectivity index (χ1) is 12.2. The number of aryl methyl sites for hydroxylation is 1. The minimum absolute atomic E-state index is 0.120. The van der Waals surface area contributed by atoms with Crippen LogP contribution in [0.4, 0.5) is 0 Å². The Labute approximate surface area is 153 Å². The number of fused-ring (bicyclic) bond motifs is 3. The maximum atomic E-state index is 5.54. The summed E-state index contributed by atoms with van der Waals surface area (Å²) in [6, 6.07) is 16.9. The van der Waals surface area contributed by atoms with E-state index in [0.717, 1.165) is 24.3 Å². The fraction of sp³-hybridized carbons (Fsp3) is 0.300. The summed E-state index contributed by atoms with van der Waals surface area (Å²) >= 11 is 5.54. The first-order valence-corrected chi connectivity index (χ1v) is 8.95. The van der Waals surface area contributed by atoms with Gasteiger partial charge in [-0.15, -0.1) is 0 Å². The molecule has 128 valence electrons. The third-order valence-electron chi connectivity index (χ3n) is 5.11. The van der Waals surface area contributed by atoms with E-state index in [1.165, 1.54) is 16.7 Å². The fourth-order valence-electron chi connectivity index (χ4n) is 3.88. The number of methoxy groups -OCH3 is 1. The molecule has 4 rings (SSSR count). The maximum Gasteiger partial charge on any atom is 0.189 e. The van der Waals surface area contributed by atoms with Crippen LogP contribution in [0.2, 0.25) is 0 Å². The van der Waals surface area contributed by atoms with Gasteiger partial charge in [-0.2, -0.15) is 5.10 Å². The van der Waals surface area contributed by atoms with Crippen molar-refractivity contribution in [2.45, 2.75) is 18.9 Å². The number of nitrogens with zero attached hydrogens (tertiary/aromatic N) is 2. The van der Waals surface area contributed by atoms with E-state index < -0.39 is 0 Å². The van der Waals surface area contributed by atoms with E-state index in [1.54, 1.807) is 7.11 Å². The van der Waals surface area contributed by atoms with Gasteiger partial charge >= 0.3 is 0 Å². The zero-order valence-corrected chi connectivity index (χ0v) is 15.2. The lowest BCUT2D eigenvalue weighted by Gasteiger charge is -2.30. The highest BCUT2D eigenvalue weighted by Crippen LogP contribution is 2.43. The van der Waals surface area contributed by atoms with Gasteiger partial charge in [0, 0.05) is 18.5 Å². The van der Waals surface area contributed by atoms with Gasteiger partial charge in [-0.3, -0.25) is 0 Å². The Morgan fingerprint density at radius 3 is 2.68 bits per heavy atom. The van der Waals surface area contributed by atoms with E-state index in [1.807, 2.05) is 24.2 Å². The summed E-state index contributed by atoms with van der Waals surface area (Å²) < 4.78 is 5.30. The molecule has 2 atom stereocenters. The van der Waals surface area contributed by atoms with Crippen LogP contribution in [0.3, 0.4) is 0 Å². The average molecular weight is 351 g/mol. The highest BCUT2D eigenvalue weighted by atomic mass is 32.1. The summed E-state index contributed by atoms with van der Waals surface area (Å²) in [7, 11) is 3.54. The van der Waals surface area contributed by atoms with Crippen LogP contribution in [0.1, 0.15) is 29.2 Å². The van der Waals surface area contributed by atoms with E-state index >= 15 is 0 Å². The lowest BCUT2D eigenvalue weighted by molar-refractivity contribution is 0.305. The highest BCUT2D eigenvalue weighted by molar-refractivity contribution is 7.80. The number of hydrogen-bond acceptors (Lipinski definition) is 3. The van der Waals surface area contributed by atoms with Gasteiger partial charge in [0.1, 0.15) is 5.75 Å². The first kappa shape index (κ1) is 16.1. The minimum atomic E-state index is 0.120. The molecule has 0 unspecified atom stereocenters. The summed E-state index contributed by atoms with van der Waals surface area (Å²) in [6.45, 7) is 0. The minimum Gasteiger partial charge on any atom is -0.497 e. The summed E-state index contributed by atoms with van der Waals surface area (Å²) in [6.07, 6.45) is 2.15. The Morgan fingerprint density at radius 2 is 1.96 bits per heavy atom. The zero-order chi connectivity index (χ0) is 17.4. The van der Waals surface area contributed by atoms with Crippen molar-refractivity contribution < 1.29 is 4.74 Å². The van der Waals surface area contributed by atoms with Crippen LogP contribution in [-0.2, 0) is 6.42 Å². The Morgan fingerprint density at radius 1 is 1.20 bits per heavy atom. The van der Waals surface area contributed by atoms with E-state index in [0.29, 0.717) is 11.0 Å². The number of benzene rings is 2. The second-order valence-corrected chi connectivity index (χ2v) is 6.79. The van der Waals surface area contributed by atoms with Crippen LogP contribution in [0.15, 0.2) is 53.6 Å². The monoisotopic (exact) mass is 351 g/mol. The Bertz CT molecular complexity index is 831. The van der Waals surface area contributed by atoms with Crippen molar-refractivity contribution >= 4 is 23.0 Å². The quantitative estimate of drug-likeness (QED) is 0.840. The molecule has 0 radical (unpaired) electrons. The first-order valence-electron chi connectivity index (χ1n) is 8.54. The van der Waals surface area contributed by atoms with Crippen molar-refractivity contribution in [3.63, 3.8) is 0 Å². The maximum absolute atomic E-state index is 5.54. The Kier molecular flexibility index (Phi) is 4.17. The van der Waals surface area contributed by atoms with E-state index in [9.17, 15) is 0 Å². The van der Waals surface area contributed by atoms with Crippen LogP contribution in [0.25, 0.3) is 0 Å². The topological polar surface area (TPSA) is 36.9 Å². The summed E-state index contributed by atoms with van der Waals surface area (Å²) in [4.78, 5) is 0. The lowest BCUT2D eigenvalue weighted by atomic mass is 9.77. The molecule has 0 saturated carbocycles. The highest BCUT2D eigenvalue weighted by Gasteiger charge is 2.42. The molecule has 4 nitrogen and oxygen atoms in total. The standard InChI is InChI=1S/C20H21N3OS/c1-21-20(25)23-19(14-7-10-15(24-2)11-8-14)17-12-9-13-5-3-4-6-16(13)18(17)22-23/h3-8,10-11,17,19H,9,12H2,1-2H3,(H,21,25)/t17-,19-/m1/s1. The summed E-state index contributed by atoms with van der Waals surface area (Å²) in [5, 5.41) is 10.7. The predicted octanol–water partition coefficient (Wildman–Crippen LogP) is 3.52. The molecule has 0 fully saturated rings.